The van der Waals surface area contributed by atoms with Gasteiger partial charge in [0.1, 0.15) is 11.5 Å². The third kappa shape index (κ3) is 4.38. The predicted octanol–water partition coefficient (Wildman–Crippen LogP) is 2.38. The first-order valence-corrected chi connectivity index (χ1v) is 9.76. The van der Waals surface area contributed by atoms with E-state index in [1.807, 2.05) is 7.05 Å². The molecule has 2 heterocycles. The first-order chi connectivity index (χ1) is 13.3. The zero-order valence-corrected chi connectivity index (χ0v) is 16.8. The lowest BCUT2D eigenvalue weighted by molar-refractivity contribution is 0.101. The van der Waals surface area contributed by atoms with Crippen molar-refractivity contribution >= 4 is 23.5 Å². The van der Waals surface area contributed by atoms with Gasteiger partial charge in [0, 0.05) is 50.6 Å². The molecule has 1 saturated heterocycles. The van der Waals surface area contributed by atoms with E-state index in [0.29, 0.717) is 16.1 Å². The molecule has 1 aromatic carbocycles. The van der Waals surface area contributed by atoms with E-state index in [4.69, 9.17) is 0 Å². The molecule has 0 saturated carbocycles. The van der Waals surface area contributed by atoms with Gasteiger partial charge in [0.2, 0.25) is 0 Å². The Bertz CT molecular complexity index is 874. The van der Waals surface area contributed by atoms with Crippen LogP contribution in [0.15, 0.2) is 29.3 Å². The lowest BCUT2D eigenvalue weighted by Crippen LogP contribution is -2.33. The summed E-state index contributed by atoms with van der Waals surface area (Å²) in [6.07, 6.45) is 1.55. The van der Waals surface area contributed by atoms with Gasteiger partial charge in [-0.3, -0.25) is 9.52 Å². The Hall–Kier alpha value is -1.94. The van der Waals surface area contributed by atoms with Gasteiger partial charge in [0.05, 0.1) is 4.90 Å². The Morgan fingerprint density at radius 1 is 1.32 bits per heavy atom. The molecular weight excluding hydrogens is 386 g/mol. The van der Waals surface area contributed by atoms with Crippen molar-refractivity contribution < 1.29 is 18.7 Å². The van der Waals surface area contributed by atoms with Crippen molar-refractivity contribution in [3.8, 4) is 0 Å². The second-order valence-electron chi connectivity index (χ2n) is 7.18. The number of amides is 1. The summed E-state index contributed by atoms with van der Waals surface area (Å²) in [6, 6.07) is 4.22. The summed E-state index contributed by atoms with van der Waals surface area (Å²) in [6.45, 7) is 3.18. The molecule has 6 nitrogen and oxygen atoms in total. The van der Waals surface area contributed by atoms with Crippen LogP contribution in [0.4, 0.5) is 14.5 Å². The fraction of sp³-hybridized carbons (Fsp3) is 0.421. The number of aryl methyl sites for hydroxylation is 2. The maximum Gasteiger partial charge on any atom is 0.275 e. The first kappa shape index (κ1) is 20.8. The number of hydrogen-bond acceptors (Lipinski definition) is 5. The summed E-state index contributed by atoms with van der Waals surface area (Å²) >= 11 is 1.12. The molecule has 0 spiro atoms. The van der Waals surface area contributed by atoms with Crippen LogP contribution in [0.5, 0.6) is 0 Å². The zero-order valence-electron chi connectivity index (χ0n) is 16.0. The molecule has 0 aliphatic carbocycles. The molecular formula is C19H24F2N4O2S. The van der Waals surface area contributed by atoms with Gasteiger partial charge in [-0.1, -0.05) is 0 Å². The number of hydrogen-bond donors (Lipinski definition) is 3. The molecule has 28 heavy (non-hydrogen) atoms. The van der Waals surface area contributed by atoms with Crippen LogP contribution < -0.4 is 10.0 Å². The number of aliphatic hydroxyl groups is 1. The highest BCUT2D eigenvalue weighted by molar-refractivity contribution is 7.97. The van der Waals surface area contributed by atoms with Crippen LogP contribution in [0.3, 0.4) is 0 Å². The quantitative estimate of drug-likeness (QED) is 0.638. The molecule has 1 aromatic heterocycles. The highest BCUT2D eigenvalue weighted by Crippen LogP contribution is 2.27. The van der Waals surface area contributed by atoms with Crippen molar-refractivity contribution in [1.82, 2.24) is 14.2 Å². The third-order valence-electron chi connectivity index (χ3n) is 4.90. The van der Waals surface area contributed by atoms with E-state index in [0.717, 1.165) is 25.0 Å². The molecule has 1 amide bonds. The maximum atomic E-state index is 14.9. The molecule has 2 atom stereocenters. The Kier molecular flexibility index (Phi) is 6.39. The Balaban J connectivity index is 1.70. The molecule has 3 N–H and O–H groups in total. The maximum absolute atomic E-state index is 14.9. The fourth-order valence-electron chi connectivity index (χ4n) is 3.36. The van der Waals surface area contributed by atoms with Crippen molar-refractivity contribution in [1.29, 1.82) is 0 Å². The van der Waals surface area contributed by atoms with E-state index >= 15 is 0 Å². The van der Waals surface area contributed by atoms with Crippen LogP contribution in [0.25, 0.3) is 0 Å². The van der Waals surface area contributed by atoms with E-state index in [1.165, 1.54) is 22.8 Å². The van der Waals surface area contributed by atoms with Gasteiger partial charge >= 0.3 is 0 Å². The largest absolute Gasteiger partial charge is 0.396 e. The van der Waals surface area contributed by atoms with E-state index in [9.17, 15) is 18.7 Å². The average Bonchev–Trinajstić information content (AvgIpc) is 3.14. The van der Waals surface area contributed by atoms with Gasteiger partial charge in [0.15, 0.2) is 5.82 Å². The zero-order chi connectivity index (χ0) is 20.4. The minimum Gasteiger partial charge on any atom is -0.396 e. The standard InChI is InChI=1S/C19H24F2N4O2S/c1-11-6-13(4-5-14(11)20)22-19(27)18-17(21)16(9-25(18)3)28-23-15-8-24(2)7-12(15)10-26/h4-6,9,12,15,23,26H,7-8,10H2,1-3H3,(H,22,27). The smallest absolute Gasteiger partial charge is 0.275 e. The summed E-state index contributed by atoms with van der Waals surface area (Å²) in [5.74, 6) is -1.52. The number of likely N-dealkylation sites (tertiary alicyclic amines) is 1. The number of likely N-dealkylation sites (N-methyl/N-ethyl adjacent to an activating group) is 1. The summed E-state index contributed by atoms with van der Waals surface area (Å²) in [5.41, 5.74) is 0.690. The monoisotopic (exact) mass is 410 g/mol. The fourth-order valence-corrected chi connectivity index (χ4v) is 4.30. The second-order valence-corrected chi connectivity index (χ2v) is 8.05. The molecule has 9 heteroatoms. The van der Waals surface area contributed by atoms with Crippen LogP contribution in [0.1, 0.15) is 16.1 Å². The van der Waals surface area contributed by atoms with E-state index in [-0.39, 0.29) is 30.1 Å². The molecule has 1 fully saturated rings. The van der Waals surface area contributed by atoms with Gasteiger partial charge in [0.25, 0.3) is 5.91 Å². The lowest BCUT2D eigenvalue weighted by atomic mass is 10.1. The summed E-state index contributed by atoms with van der Waals surface area (Å²) in [7, 11) is 3.57. The van der Waals surface area contributed by atoms with Gasteiger partial charge in [-0.05, 0) is 49.7 Å². The minimum atomic E-state index is -0.622. The van der Waals surface area contributed by atoms with Crippen molar-refractivity contribution in [3.63, 3.8) is 0 Å². The number of anilines is 1. The highest BCUT2D eigenvalue weighted by Gasteiger charge is 2.31. The van der Waals surface area contributed by atoms with E-state index in [2.05, 4.69) is 14.9 Å². The Morgan fingerprint density at radius 2 is 2.07 bits per heavy atom. The third-order valence-corrected chi connectivity index (χ3v) is 5.82. The number of aliphatic hydroxyl groups excluding tert-OH is 1. The van der Waals surface area contributed by atoms with E-state index in [1.54, 1.807) is 20.2 Å². The van der Waals surface area contributed by atoms with Crippen LogP contribution in [-0.4, -0.2) is 53.3 Å². The normalized spacial score (nSPS) is 19.9. The lowest BCUT2D eigenvalue weighted by Gasteiger charge is -2.16. The number of benzene rings is 1. The van der Waals surface area contributed by atoms with Gasteiger partial charge in [-0.25, -0.2) is 8.78 Å². The van der Waals surface area contributed by atoms with Crippen LogP contribution in [0.2, 0.25) is 0 Å². The summed E-state index contributed by atoms with van der Waals surface area (Å²) in [5, 5.41) is 12.1. The topological polar surface area (TPSA) is 69.5 Å². The van der Waals surface area contributed by atoms with Crippen molar-refractivity contribution in [2.75, 3.05) is 32.1 Å². The summed E-state index contributed by atoms with van der Waals surface area (Å²) in [4.78, 5) is 14.9. The average molecular weight is 410 g/mol. The van der Waals surface area contributed by atoms with E-state index < -0.39 is 11.7 Å². The molecule has 2 unspecified atom stereocenters. The number of aromatic nitrogens is 1. The number of carbonyl (C=O) groups is 1. The molecule has 1 aliphatic heterocycles. The number of carbonyl (C=O) groups excluding carboxylic acids is 1. The SMILES string of the molecule is Cc1cc(NC(=O)c2c(F)c(SNC3CN(C)CC3CO)cn2C)ccc1F. The molecule has 0 radical (unpaired) electrons. The molecule has 0 bridgehead atoms. The predicted molar refractivity (Wildman–Crippen MR) is 105 cm³/mol. The first-order valence-electron chi connectivity index (χ1n) is 8.94. The van der Waals surface area contributed by atoms with Crippen molar-refractivity contribution in [2.24, 2.45) is 13.0 Å². The van der Waals surface area contributed by atoms with Crippen LogP contribution >= 0.6 is 11.9 Å². The second kappa shape index (κ2) is 8.60. The Labute approximate surface area is 167 Å². The Morgan fingerprint density at radius 3 is 2.75 bits per heavy atom. The van der Waals surface area contributed by atoms with Gasteiger partial charge < -0.3 is 19.9 Å². The van der Waals surface area contributed by atoms with Gasteiger partial charge in [-0.2, -0.15) is 0 Å². The van der Waals surface area contributed by atoms with Crippen molar-refractivity contribution in [2.45, 2.75) is 17.9 Å². The van der Waals surface area contributed by atoms with Gasteiger partial charge in [-0.15, -0.1) is 0 Å². The molecule has 3 rings (SSSR count). The number of nitrogens with zero attached hydrogens (tertiary/aromatic N) is 2. The molecule has 1 aliphatic rings. The number of halogens is 2. The highest BCUT2D eigenvalue weighted by atomic mass is 32.2. The minimum absolute atomic E-state index is 0.0269. The number of rotatable bonds is 6. The summed E-state index contributed by atoms with van der Waals surface area (Å²) < 4.78 is 32.9. The molecule has 152 valence electrons. The van der Waals surface area contributed by atoms with Crippen molar-refractivity contribution in [3.05, 3.63) is 47.3 Å². The van der Waals surface area contributed by atoms with Crippen LogP contribution in [-0.2, 0) is 7.05 Å². The van der Waals surface area contributed by atoms with Crippen LogP contribution in [0, 0.1) is 24.5 Å². The molecule has 2 aromatic rings. The number of nitrogens with one attached hydrogen (secondary N) is 2.